The lowest BCUT2D eigenvalue weighted by molar-refractivity contribution is 0.253. The Kier molecular flexibility index (Phi) is 6.67. The summed E-state index contributed by atoms with van der Waals surface area (Å²) in [7, 11) is 0. The fourth-order valence-electron chi connectivity index (χ4n) is 3.90. The molecule has 6 nitrogen and oxygen atoms in total. The van der Waals surface area contributed by atoms with Crippen LogP contribution < -0.4 is 14.2 Å². The third-order valence-corrected chi connectivity index (χ3v) is 6.72. The number of alkyl halides is 1. The van der Waals surface area contributed by atoms with Gasteiger partial charge in [-0.3, -0.25) is 9.62 Å². The van der Waals surface area contributed by atoms with E-state index in [0.29, 0.717) is 24.8 Å². The van der Waals surface area contributed by atoms with Crippen molar-refractivity contribution in [2.45, 2.75) is 37.5 Å². The van der Waals surface area contributed by atoms with Crippen LogP contribution >= 0.6 is 11.6 Å². The van der Waals surface area contributed by atoms with Crippen LogP contribution in [-0.2, 0) is 17.6 Å². The molecule has 2 atom stereocenters. The van der Waals surface area contributed by atoms with Crippen LogP contribution in [0.3, 0.4) is 0 Å². The van der Waals surface area contributed by atoms with Gasteiger partial charge < -0.3 is 4.74 Å². The van der Waals surface area contributed by atoms with E-state index in [1.807, 2.05) is 12.1 Å². The van der Waals surface area contributed by atoms with E-state index in [9.17, 15) is 4.21 Å². The first kappa shape index (κ1) is 19.9. The van der Waals surface area contributed by atoms with Gasteiger partial charge in [-0.1, -0.05) is 12.2 Å². The highest BCUT2D eigenvalue weighted by Gasteiger charge is 2.23. The first-order chi connectivity index (χ1) is 13.7. The molecular weight excluding hydrogens is 396 g/mol. The van der Waals surface area contributed by atoms with Crippen LogP contribution in [-0.4, -0.2) is 52.3 Å². The first-order valence-electron chi connectivity index (χ1n) is 9.98. The predicted molar refractivity (Wildman–Crippen MR) is 114 cm³/mol. The maximum absolute atomic E-state index is 11.7. The molecule has 28 heavy (non-hydrogen) atoms. The molecule has 3 aliphatic rings. The van der Waals surface area contributed by atoms with Gasteiger partial charge in [0.05, 0.1) is 12.0 Å². The summed E-state index contributed by atoms with van der Waals surface area (Å²) >= 11 is 5.14. The van der Waals surface area contributed by atoms with Crippen LogP contribution in [0.1, 0.15) is 31.2 Å². The van der Waals surface area contributed by atoms with Crippen molar-refractivity contribution in [2.24, 2.45) is 0 Å². The molecule has 0 bridgehead atoms. The van der Waals surface area contributed by atoms with Crippen molar-refractivity contribution in [3.05, 3.63) is 41.0 Å². The molecule has 2 unspecified atom stereocenters. The van der Waals surface area contributed by atoms with E-state index in [0.717, 1.165) is 57.3 Å². The quantitative estimate of drug-likeness (QED) is 0.546. The SMILES string of the molecule is O=S1NCCc2ccc(OCCCCN3CCC4=C(C=CCC4Cl)C3)nc2N1. The van der Waals surface area contributed by atoms with Gasteiger partial charge in [0.15, 0.2) is 11.2 Å². The zero-order chi connectivity index (χ0) is 19.3. The summed E-state index contributed by atoms with van der Waals surface area (Å²) in [5.74, 6) is 1.23. The van der Waals surface area contributed by atoms with E-state index in [-0.39, 0.29) is 5.38 Å². The van der Waals surface area contributed by atoms with E-state index < -0.39 is 11.2 Å². The molecule has 0 amide bonds. The van der Waals surface area contributed by atoms with E-state index in [1.54, 1.807) is 0 Å². The highest BCUT2D eigenvalue weighted by atomic mass is 35.5. The Morgan fingerprint density at radius 2 is 2.25 bits per heavy atom. The van der Waals surface area contributed by atoms with Crippen LogP contribution in [0.5, 0.6) is 5.88 Å². The van der Waals surface area contributed by atoms with E-state index in [4.69, 9.17) is 16.3 Å². The number of hydrogen-bond donors (Lipinski definition) is 2. The van der Waals surface area contributed by atoms with Gasteiger partial charge >= 0.3 is 0 Å². The molecule has 1 aromatic heterocycles. The summed E-state index contributed by atoms with van der Waals surface area (Å²) in [5, 5.41) is 0.201. The lowest BCUT2D eigenvalue weighted by Gasteiger charge is -2.33. The lowest BCUT2D eigenvalue weighted by atomic mass is 9.91. The number of aromatic nitrogens is 1. The molecule has 0 saturated carbocycles. The Morgan fingerprint density at radius 3 is 3.18 bits per heavy atom. The number of pyridine rings is 1. The fourth-order valence-corrected chi connectivity index (χ4v) is 4.96. The summed E-state index contributed by atoms with van der Waals surface area (Å²) in [6, 6.07) is 3.89. The molecule has 0 radical (unpaired) electrons. The van der Waals surface area contributed by atoms with Gasteiger partial charge in [0, 0.05) is 25.7 Å². The Hall–Kier alpha value is -1.41. The van der Waals surface area contributed by atoms with Gasteiger partial charge in [-0.15, -0.1) is 11.6 Å². The molecule has 8 heteroatoms. The van der Waals surface area contributed by atoms with E-state index >= 15 is 0 Å². The molecule has 1 aromatic rings. The molecule has 3 heterocycles. The first-order valence-corrected chi connectivity index (χ1v) is 11.6. The second kappa shape index (κ2) is 9.39. The molecular formula is C20H27ClN4O2S. The zero-order valence-corrected chi connectivity index (χ0v) is 17.5. The fraction of sp³-hybridized carbons (Fsp3) is 0.550. The van der Waals surface area contributed by atoms with Crippen molar-refractivity contribution in [3.63, 3.8) is 0 Å². The van der Waals surface area contributed by atoms with Crippen molar-refractivity contribution in [2.75, 3.05) is 37.5 Å². The van der Waals surface area contributed by atoms with Crippen LogP contribution in [0.2, 0.25) is 0 Å². The monoisotopic (exact) mass is 422 g/mol. The number of allylic oxidation sites excluding steroid dienone is 1. The Labute approximate surface area is 174 Å². The maximum Gasteiger partial charge on any atom is 0.215 e. The molecule has 0 aromatic carbocycles. The number of fused-ring (bicyclic) bond motifs is 1. The highest BCUT2D eigenvalue weighted by Crippen LogP contribution is 2.30. The molecule has 0 spiro atoms. The number of hydrogen-bond acceptors (Lipinski definition) is 4. The van der Waals surface area contributed by atoms with Gasteiger partial charge in [-0.25, -0.2) is 8.93 Å². The van der Waals surface area contributed by atoms with E-state index in [1.165, 1.54) is 11.1 Å². The lowest BCUT2D eigenvalue weighted by Crippen LogP contribution is -2.34. The van der Waals surface area contributed by atoms with Crippen molar-refractivity contribution < 1.29 is 8.95 Å². The van der Waals surface area contributed by atoms with Crippen molar-refractivity contribution >= 4 is 28.6 Å². The average molecular weight is 423 g/mol. The summed E-state index contributed by atoms with van der Waals surface area (Å²) < 4.78 is 23.3. The molecule has 0 fully saturated rings. The van der Waals surface area contributed by atoms with Gasteiger partial charge in [0.2, 0.25) is 5.88 Å². The van der Waals surface area contributed by atoms with Crippen molar-refractivity contribution in [1.82, 2.24) is 14.6 Å². The number of nitrogens with one attached hydrogen (secondary N) is 2. The van der Waals surface area contributed by atoms with Gasteiger partial charge in [0.25, 0.3) is 0 Å². The molecule has 152 valence electrons. The minimum atomic E-state index is -1.28. The van der Waals surface area contributed by atoms with Crippen LogP contribution in [0.15, 0.2) is 35.4 Å². The second-order valence-corrected chi connectivity index (χ2v) is 8.97. The minimum absolute atomic E-state index is 0.201. The smallest absolute Gasteiger partial charge is 0.215 e. The molecule has 0 saturated heterocycles. The third-order valence-electron chi connectivity index (χ3n) is 5.43. The number of halogens is 1. The third kappa shape index (κ3) is 4.95. The van der Waals surface area contributed by atoms with Gasteiger partial charge in [-0.05, 0) is 61.4 Å². The van der Waals surface area contributed by atoms with Crippen molar-refractivity contribution in [3.8, 4) is 5.88 Å². The van der Waals surface area contributed by atoms with E-state index in [2.05, 4.69) is 31.5 Å². The van der Waals surface area contributed by atoms with Crippen molar-refractivity contribution in [1.29, 1.82) is 0 Å². The average Bonchev–Trinajstić information content (AvgIpc) is 2.88. The minimum Gasteiger partial charge on any atom is -0.478 e. The number of rotatable bonds is 6. The molecule has 4 rings (SSSR count). The van der Waals surface area contributed by atoms with Crippen LogP contribution in [0.4, 0.5) is 5.82 Å². The second-order valence-electron chi connectivity index (χ2n) is 7.41. The zero-order valence-electron chi connectivity index (χ0n) is 16.0. The number of anilines is 1. The Bertz CT molecular complexity index is 798. The number of nitrogens with zero attached hydrogens (tertiary/aromatic N) is 2. The topological polar surface area (TPSA) is 66.5 Å². The predicted octanol–water partition coefficient (Wildman–Crippen LogP) is 2.95. The van der Waals surface area contributed by atoms with Crippen LogP contribution in [0.25, 0.3) is 0 Å². The largest absolute Gasteiger partial charge is 0.478 e. The molecule has 2 aliphatic heterocycles. The molecule has 2 N–H and O–H groups in total. The van der Waals surface area contributed by atoms with Gasteiger partial charge in [-0.2, -0.15) is 4.98 Å². The summed E-state index contributed by atoms with van der Waals surface area (Å²) in [6.45, 7) is 4.49. The molecule has 1 aliphatic carbocycles. The highest BCUT2D eigenvalue weighted by molar-refractivity contribution is 7.84. The summed E-state index contributed by atoms with van der Waals surface area (Å²) in [4.78, 5) is 6.97. The van der Waals surface area contributed by atoms with Gasteiger partial charge in [0.1, 0.15) is 5.82 Å². The number of ether oxygens (including phenoxy) is 1. The maximum atomic E-state index is 11.7. The standard InChI is InChI=1S/C20H27ClN4O2S/c21-18-5-3-4-16-14-25(12-9-17(16)18)11-1-2-13-27-19-7-6-15-8-10-22-28(26)24-20(15)23-19/h3-4,6-7,18,22H,1-2,5,8-14H2,(H,23,24). The summed E-state index contributed by atoms with van der Waals surface area (Å²) in [6.07, 6.45) is 9.38. The van der Waals surface area contributed by atoms with Crippen LogP contribution in [0, 0.1) is 0 Å². The number of unbranched alkanes of at least 4 members (excludes halogenated alkanes) is 1. The Morgan fingerprint density at radius 1 is 1.32 bits per heavy atom. The normalized spacial score (nSPS) is 24.9. The summed E-state index contributed by atoms with van der Waals surface area (Å²) in [5.41, 5.74) is 3.92. The Balaban J connectivity index is 1.20.